The summed E-state index contributed by atoms with van der Waals surface area (Å²) in [7, 11) is 5.27. The molecule has 0 aromatic heterocycles. The lowest BCUT2D eigenvalue weighted by atomic mass is 10.1. The number of carbonyl (C=O) groups is 1. The van der Waals surface area contributed by atoms with Gasteiger partial charge in [-0.25, -0.2) is 0 Å². The maximum atomic E-state index is 12.1. The van der Waals surface area contributed by atoms with Crippen LogP contribution in [0.1, 0.15) is 27.0 Å². The highest BCUT2D eigenvalue weighted by molar-refractivity contribution is 14.0. The van der Waals surface area contributed by atoms with Crippen molar-refractivity contribution in [2.75, 3.05) is 40.8 Å². The zero-order chi connectivity index (χ0) is 21.2. The van der Waals surface area contributed by atoms with Crippen molar-refractivity contribution in [3.05, 3.63) is 64.7 Å². The molecule has 0 aliphatic carbocycles. The summed E-state index contributed by atoms with van der Waals surface area (Å²) in [5.74, 6) is 1.70. The summed E-state index contributed by atoms with van der Waals surface area (Å²) in [6.07, 6.45) is 0.800. The van der Waals surface area contributed by atoms with Gasteiger partial charge in [-0.15, -0.1) is 24.0 Å². The van der Waals surface area contributed by atoms with Crippen LogP contribution in [0.15, 0.2) is 47.5 Å². The second-order valence-electron chi connectivity index (χ2n) is 7.15. The number of halogens is 1. The lowest BCUT2D eigenvalue weighted by Crippen LogP contribution is -2.40. The number of rotatable bonds is 8. The summed E-state index contributed by atoms with van der Waals surface area (Å²) in [4.78, 5) is 17.9. The highest BCUT2D eigenvalue weighted by Gasteiger charge is 2.08. The number of carbonyl (C=O) groups excluding carboxylic acids is 1. The van der Waals surface area contributed by atoms with E-state index in [9.17, 15) is 4.79 Å². The van der Waals surface area contributed by atoms with Crippen molar-refractivity contribution >= 4 is 35.8 Å². The predicted octanol–water partition coefficient (Wildman–Crippen LogP) is 3.41. The Morgan fingerprint density at radius 2 is 1.67 bits per heavy atom. The average molecular weight is 524 g/mol. The van der Waals surface area contributed by atoms with Crippen LogP contribution in [0.25, 0.3) is 0 Å². The molecule has 2 aromatic rings. The van der Waals surface area contributed by atoms with Gasteiger partial charge in [0.2, 0.25) is 0 Å². The zero-order valence-electron chi connectivity index (χ0n) is 18.5. The van der Waals surface area contributed by atoms with E-state index in [2.05, 4.69) is 41.6 Å². The molecule has 0 saturated heterocycles. The molecule has 0 aliphatic heterocycles. The van der Waals surface area contributed by atoms with E-state index in [1.807, 2.05) is 30.3 Å². The molecule has 0 radical (unpaired) electrons. The van der Waals surface area contributed by atoms with Crippen molar-refractivity contribution in [1.29, 1.82) is 0 Å². The lowest BCUT2D eigenvalue weighted by molar-refractivity contribution is 0.0827. The fourth-order valence-corrected chi connectivity index (χ4v) is 3.01. The van der Waals surface area contributed by atoms with Gasteiger partial charge < -0.3 is 20.3 Å². The Kier molecular flexibility index (Phi) is 11.2. The third kappa shape index (κ3) is 7.85. The van der Waals surface area contributed by atoms with Crippen molar-refractivity contribution in [3.8, 4) is 5.75 Å². The van der Waals surface area contributed by atoms with Gasteiger partial charge in [-0.2, -0.15) is 0 Å². The third-order valence-electron chi connectivity index (χ3n) is 4.56. The molecule has 0 unspecified atom stereocenters. The summed E-state index contributed by atoms with van der Waals surface area (Å²) in [6, 6.07) is 13.9. The highest BCUT2D eigenvalue weighted by Crippen LogP contribution is 2.21. The second-order valence-corrected chi connectivity index (χ2v) is 7.15. The normalized spacial score (nSPS) is 10.8. The number of hydrogen-bond donors (Lipinski definition) is 2. The molecule has 7 heteroatoms. The molecule has 0 spiro atoms. The van der Waals surface area contributed by atoms with Gasteiger partial charge in [0.15, 0.2) is 5.96 Å². The van der Waals surface area contributed by atoms with E-state index < -0.39 is 0 Å². The molecule has 0 aliphatic rings. The molecule has 6 nitrogen and oxygen atoms in total. The molecular weight excluding hydrogens is 491 g/mol. The zero-order valence-corrected chi connectivity index (χ0v) is 20.8. The first kappa shape index (κ1) is 25.7. The summed E-state index contributed by atoms with van der Waals surface area (Å²) in [6.45, 7) is 6.03. The van der Waals surface area contributed by atoms with Gasteiger partial charge in [0.1, 0.15) is 12.4 Å². The van der Waals surface area contributed by atoms with E-state index in [0.29, 0.717) is 18.7 Å². The number of hydrogen-bond acceptors (Lipinski definition) is 3. The molecule has 0 atom stereocenters. The van der Waals surface area contributed by atoms with E-state index in [-0.39, 0.29) is 29.9 Å². The Balaban J connectivity index is 0.00000450. The second kappa shape index (κ2) is 13.1. The maximum Gasteiger partial charge on any atom is 0.253 e. The molecule has 0 heterocycles. The van der Waals surface area contributed by atoms with E-state index in [1.54, 1.807) is 26.0 Å². The lowest BCUT2D eigenvalue weighted by Gasteiger charge is -2.15. The maximum absolute atomic E-state index is 12.1. The fourth-order valence-electron chi connectivity index (χ4n) is 3.01. The number of benzene rings is 2. The van der Waals surface area contributed by atoms with Crippen molar-refractivity contribution in [1.82, 2.24) is 15.5 Å². The van der Waals surface area contributed by atoms with E-state index in [1.165, 1.54) is 0 Å². The monoisotopic (exact) mass is 524 g/mol. The Morgan fingerprint density at radius 1 is 1.03 bits per heavy atom. The number of para-hydroxylation sites is 1. The van der Waals surface area contributed by atoms with Crippen LogP contribution < -0.4 is 15.4 Å². The Morgan fingerprint density at radius 3 is 2.30 bits per heavy atom. The summed E-state index contributed by atoms with van der Waals surface area (Å²) < 4.78 is 5.91. The minimum Gasteiger partial charge on any atom is -0.491 e. The van der Waals surface area contributed by atoms with E-state index in [0.717, 1.165) is 41.4 Å². The number of nitrogens with zero attached hydrogens (tertiary/aromatic N) is 2. The first-order valence-electron chi connectivity index (χ1n) is 9.86. The van der Waals surface area contributed by atoms with Gasteiger partial charge in [0, 0.05) is 33.3 Å². The molecule has 0 bridgehead atoms. The number of nitrogens with one attached hydrogen (secondary N) is 2. The number of aliphatic imine (C=N–C) groups is 1. The van der Waals surface area contributed by atoms with Crippen LogP contribution in [-0.2, 0) is 6.42 Å². The van der Waals surface area contributed by atoms with Crippen LogP contribution in [-0.4, -0.2) is 57.6 Å². The van der Waals surface area contributed by atoms with Gasteiger partial charge in [0.25, 0.3) is 5.91 Å². The fraction of sp³-hybridized carbons (Fsp3) is 0.391. The first-order valence-corrected chi connectivity index (χ1v) is 9.86. The molecule has 0 fully saturated rings. The van der Waals surface area contributed by atoms with Gasteiger partial charge >= 0.3 is 0 Å². The van der Waals surface area contributed by atoms with Gasteiger partial charge in [-0.1, -0.05) is 30.3 Å². The van der Waals surface area contributed by atoms with Crippen molar-refractivity contribution < 1.29 is 9.53 Å². The summed E-state index contributed by atoms with van der Waals surface area (Å²) >= 11 is 0. The minimum atomic E-state index is 0. The van der Waals surface area contributed by atoms with Crippen LogP contribution in [0.3, 0.4) is 0 Å². The Bertz CT molecular complexity index is 833. The Hall–Kier alpha value is -2.29. The summed E-state index contributed by atoms with van der Waals surface area (Å²) in [5.41, 5.74) is 4.10. The molecule has 2 rings (SSSR count). The molecule has 30 heavy (non-hydrogen) atoms. The average Bonchev–Trinajstić information content (AvgIpc) is 2.71. The molecule has 1 amide bonds. The van der Waals surface area contributed by atoms with Gasteiger partial charge in [-0.05, 0) is 49.1 Å². The number of ether oxygens (including phenoxy) is 1. The van der Waals surface area contributed by atoms with Crippen LogP contribution in [0, 0.1) is 13.8 Å². The minimum absolute atomic E-state index is 0. The first-order chi connectivity index (χ1) is 13.9. The van der Waals surface area contributed by atoms with Crippen LogP contribution >= 0.6 is 24.0 Å². The summed E-state index contributed by atoms with van der Waals surface area (Å²) in [5, 5.41) is 6.56. The Labute approximate surface area is 197 Å². The van der Waals surface area contributed by atoms with Crippen LogP contribution in [0.2, 0.25) is 0 Å². The molecular formula is C23H33IN4O2. The van der Waals surface area contributed by atoms with Gasteiger partial charge in [-0.3, -0.25) is 9.79 Å². The number of guanidine groups is 1. The molecule has 2 aromatic carbocycles. The van der Waals surface area contributed by atoms with E-state index >= 15 is 0 Å². The number of aryl methyl sites for hydroxylation is 2. The van der Waals surface area contributed by atoms with Crippen LogP contribution in [0.5, 0.6) is 5.75 Å². The highest BCUT2D eigenvalue weighted by atomic mass is 127. The predicted molar refractivity (Wildman–Crippen MR) is 134 cm³/mol. The van der Waals surface area contributed by atoms with Crippen LogP contribution in [0.4, 0.5) is 0 Å². The standard InChI is InChI=1S/C23H32N4O2.HI/c1-17-8-6-9-18(2)21(17)29-15-14-26-23(24-3)25-13-12-19-10-7-11-20(16-19)22(28)27(4)5;/h6-11,16H,12-15H2,1-5H3,(H2,24,25,26);1H. The molecule has 2 N–H and O–H groups in total. The van der Waals surface area contributed by atoms with Crippen molar-refractivity contribution in [3.63, 3.8) is 0 Å². The molecule has 0 saturated carbocycles. The van der Waals surface area contributed by atoms with Crippen molar-refractivity contribution in [2.45, 2.75) is 20.3 Å². The quantitative estimate of drug-likeness (QED) is 0.241. The largest absolute Gasteiger partial charge is 0.491 e. The smallest absolute Gasteiger partial charge is 0.253 e. The van der Waals surface area contributed by atoms with Gasteiger partial charge in [0.05, 0.1) is 6.54 Å². The molecule has 164 valence electrons. The SMILES string of the molecule is CN=C(NCCOc1c(C)cccc1C)NCCc1cccc(C(=O)N(C)C)c1.I. The van der Waals surface area contributed by atoms with Crippen molar-refractivity contribution in [2.24, 2.45) is 4.99 Å². The number of amides is 1. The van der Waals surface area contributed by atoms with E-state index in [4.69, 9.17) is 4.74 Å². The topological polar surface area (TPSA) is 66.0 Å². The third-order valence-corrected chi connectivity index (χ3v) is 4.56.